The molecule has 0 aromatic heterocycles. The third-order valence-corrected chi connectivity index (χ3v) is 3.87. The molecule has 0 unspecified atom stereocenters. The highest BCUT2D eigenvalue weighted by atomic mass is 16.7. The summed E-state index contributed by atoms with van der Waals surface area (Å²) in [4.78, 5) is 0. The highest BCUT2D eigenvalue weighted by Gasteiger charge is 2.51. The molecule has 1 heterocycles. The molecule has 1 aliphatic heterocycles. The maximum absolute atomic E-state index is 6.00. The van der Waals surface area contributed by atoms with Crippen LogP contribution < -0.4 is 16.5 Å². The maximum atomic E-state index is 6.00. The molecule has 4 nitrogen and oxygen atoms in total. The summed E-state index contributed by atoms with van der Waals surface area (Å²) < 4.78 is 12.0. The van der Waals surface area contributed by atoms with Crippen LogP contribution in [0.3, 0.4) is 0 Å². The number of hydrogen-bond donors (Lipinski definition) is 2. The van der Waals surface area contributed by atoms with E-state index in [4.69, 9.17) is 15.0 Å². The van der Waals surface area contributed by atoms with Crippen molar-refractivity contribution in [1.82, 2.24) is 0 Å². The maximum Gasteiger partial charge on any atom is 0.494 e. The SMILES string of the molecule is CNc1cc(B2OC(C)(C)C(C)(C)O2)ccc1N. The van der Waals surface area contributed by atoms with Crippen LogP contribution in [0, 0.1) is 0 Å². The molecule has 0 aliphatic carbocycles. The zero-order valence-corrected chi connectivity index (χ0v) is 11.7. The van der Waals surface area contributed by atoms with Gasteiger partial charge >= 0.3 is 7.12 Å². The number of rotatable bonds is 2. The van der Waals surface area contributed by atoms with E-state index < -0.39 is 0 Å². The number of hydrogen-bond acceptors (Lipinski definition) is 4. The lowest BCUT2D eigenvalue weighted by Gasteiger charge is -2.32. The minimum absolute atomic E-state index is 0.321. The van der Waals surface area contributed by atoms with Gasteiger partial charge in [0.25, 0.3) is 0 Å². The number of anilines is 2. The van der Waals surface area contributed by atoms with Crippen LogP contribution in [-0.4, -0.2) is 25.4 Å². The van der Waals surface area contributed by atoms with Crippen molar-refractivity contribution >= 4 is 24.0 Å². The van der Waals surface area contributed by atoms with Gasteiger partial charge in [0.05, 0.1) is 22.6 Å². The first-order valence-electron chi connectivity index (χ1n) is 6.20. The van der Waals surface area contributed by atoms with Gasteiger partial charge in [-0.1, -0.05) is 6.07 Å². The molecule has 1 aromatic carbocycles. The monoisotopic (exact) mass is 248 g/mol. The van der Waals surface area contributed by atoms with Crippen molar-refractivity contribution in [2.45, 2.75) is 38.9 Å². The molecular formula is C13H21BN2O2. The van der Waals surface area contributed by atoms with Crippen LogP contribution in [0.2, 0.25) is 0 Å². The standard InChI is InChI=1S/C13H21BN2O2/c1-12(2)13(3,4)18-14(17-12)9-6-7-10(15)11(8-9)16-5/h6-8,16H,15H2,1-5H3. The summed E-state index contributed by atoms with van der Waals surface area (Å²) in [6.45, 7) is 8.18. The summed E-state index contributed by atoms with van der Waals surface area (Å²) in [5.74, 6) is 0. The molecule has 3 N–H and O–H groups in total. The fourth-order valence-electron chi connectivity index (χ4n) is 1.92. The highest BCUT2D eigenvalue weighted by Crippen LogP contribution is 2.36. The van der Waals surface area contributed by atoms with Crippen LogP contribution in [0.25, 0.3) is 0 Å². The van der Waals surface area contributed by atoms with E-state index in [0.29, 0.717) is 0 Å². The molecule has 0 atom stereocenters. The van der Waals surface area contributed by atoms with Gasteiger partial charge < -0.3 is 20.4 Å². The lowest BCUT2D eigenvalue weighted by molar-refractivity contribution is 0.00578. The van der Waals surface area contributed by atoms with Crippen molar-refractivity contribution in [2.24, 2.45) is 0 Å². The van der Waals surface area contributed by atoms with Gasteiger partial charge in [-0.3, -0.25) is 0 Å². The Kier molecular flexibility index (Phi) is 3.07. The first-order chi connectivity index (χ1) is 8.27. The van der Waals surface area contributed by atoms with Gasteiger partial charge in [-0.2, -0.15) is 0 Å². The second-order valence-corrected chi connectivity index (χ2v) is 5.68. The van der Waals surface area contributed by atoms with Gasteiger partial charge in [0.1, 0.15) is 0 Å². The molecule has 0 amide bonds. The molecule has 0 saturated carbocycles. The largest absolute Gasteiger partial charge is 0.494 e. The Morgan fingerprint density at radius 2 is 1.67 bits per heavy atom. The lowest BCUT2D eigenvalue weighted by atomic mass is 9.79. The number of nitrogens with two attached hydrogens (primary N) is 1. The molecule has 2 rings (SSSR count). The van der Waals surface area contributed by atoms with Crippen LogP contribution in [0.15, 0.2) is 18.2 Å². The van der Waals surface area contributed by atoms with Crippen molar-refractivity contribution in [3.63, 3.8) is 0 Å². The second kappa shape index (κ2) is 4.18. The Labute approximate surface area is 109 Å². The third kappa shape index (κ3) is 2.08. The van der Waals surface area contributed by atoms with Gasteiger partial charge in [-0.25, -0.2) is 0 Å². The molecule has 98 valence electrons. The Morgan fingerprint density at radius 3 is 2.17 bits per heavy atom. The molecule has 0 spiro atoms. The van der Waals surface area contributed by atoms with Gasteiger partial charge in [0.2, 0.25) is 0 Å². The number of benzene rings is 1. The van der Waals surface area contributed by atoms with Gasteiger partial charge in [-0.15, -0.1) is 0 Å². The van der Waals surface area contributed by atoms with Crippen LogP contribution in [-0.2, 0) is 9.31 Å². The van der Waals surface area contributed by atoms with Crippen LogP contribution in [0.5, 0.6) is 0 Å². The normalized spacial score (nSPS) is 21.1. The summed E-state index contributed by atoms with van der Waals surface area (Å²) in [5.41, 5.74) is 7.81. The molecule has 5 heteroatoms. The van der Waals surface area contributed by atoms with E-state index in [1.807, 2.05) is 52.9 Å². The smallest absolute Gasteiger partial charge is 0.399 e. The summed E-state index contributed by atoms with van der Waals surface area (Å²) in [6, 6.07) is 5.78. The Morgan fingerprint density at radius 1 is 1.11 bits per heavy atom. The summed E-state index contributed by atoms with van der Waals surface area (Å²) >= 11 is 0. The molecular weight excluding hydrogens is 227 g/mol. The first kappa shape index (κ1) is 13.2. The predicted molar refractivity (Wildman–Crippen MR) is 76.1 cm³/mol. The van der Waals surface area contributed by atoms with Crippen LogP contribution >= 0.6 is 0 Å². The zero-order valence-electron chi connectivity index (χ0n) is 11.7. The summed E-state index contributed by atoms with van der Waals surface area (Å²) in [6.07, 6.45) is 0. The Hall–Kier alpha value is -1.20. The van der Waals surface area contributed by atoms with E-state index in [1.165, 1.54) is 0 Å². The summed E-state index contributed by atoms with van der Waals surface area (Å²) in [5, 5.41) is 3.06. The van der Waals surface area contributed by atoms with Gasteiger partial charge in [0, 0.05) is 7.05 Å². The van der Waals surface area contributed by atoms with Crippen molar-refractivity contribution in [2.75, 3.05) is 18.1 Å². The fourth-order valence-corrected chi connectivity index (χ4v) is 1.92. The number of nitrogens with one attached hydrogen (secondary N) is 1. The molecule has 0 radical (unpaired) electrons. The zero-order chi connectivity index (χ0) is 13.6. The van der Waals surface area contributed by atoms with E-state index in [-0.39, 0.29) is 18.3 Å². The average molecular weight is 248 g/mol. The van der Waals surface area contributed by atoms with Crippen LogP contribution in [0.4, 0.5) is 11.4 Å². The average Bonchev–Trinajstić information content (AvgIpc) is 2.49. The molecule has 0 bridgehead atoms. The highest BCUT2D eigenvalue weighted by molar-refractivity contribution is 6.62. The first-order valence-corrected chi connectivity index (χ1v) is 6.20. The van der Waals surface area contributed by atoms with Crippen molar-refractivity contribution in [3.8, 4) is 0 Å². The minimum Gasteiger partial charge on any atom is -0.399 e. The second-order valence-electron chi connectivity index (χ2n) is 5.68. The molecule has 1 saturated heterocycles. The fraction of sp³-hybridized carbons (Fsp3) is 0.538. The van der Waals surface area contributed by atoms with Gasteiger partial charge in [0.15, 0.2) is 0 Å². The van der Waals surface area contributed by atoms with E-state index in [9.17, 15) is 0 Å². The van der Waals surface area contributed by atoms with Crippen molar-refractivity contribution in [1.29, 1.82) is 0 Å². The molecule has 18 heavy (non-hydrogen) atoms. The van der Waals surface area contributed by atoms with E-state index in [0.717, 1.165) is 16.8 Å². The lowest BCUT2D eigenvalue weighted by Crippen LogP contribution is -2.41. The van der Waals surface area contributed by atoms with Crippen LogP contribution in [0.1, 0.15) is 27.7 Å². The van der Waals surface area contributed by atoms with E-state index in [2.05, 4.69) is 5.32 Å². The third-order valence-electron chi connectivity index (χ3n) is 3.87. The topological polar surface area (TPSA) is 56.5 Å². The quantitative estimate of drug-likeness (QED) is 0.616. The predicted octanol–water partition coefficient (Wildman–Crippen LogP) is 1.61. The van der Waals surface area contributed by atoms with E-state index >= 15 is 0 Å². The molecule has 1 aliphatic rings. The minimum atomic E-state index is -0.345. The molecule has 1 aromatic rings. The Bertz CT molecular complexity index is 444. The van der Waals surface area contributed by atoms with E-state index in [1.54, 1.807) is 0 Å². The Balaban J connectivity index is 2.30. The summed E-state index contributed by atoms with van der Waals surface area (Å²) in [7, 11) is 1.50. The number of nitrogen functional groups attached to an aromatic ring is 1. The van der Waals surface area contributed by atoms with Crippen molar-refractivity contribution in [3.05, 3.63) is 18.2 Å². The van der Waals surface area contributed by atoms with Gasteiger partial charge in [-0.05, 0) is 45.3 Å². The van der Waals surface area contributed by atoms with Crippen molar-refractivity contribution < 1.29 is 9.31 Å². The molecule has 1 fully saturated rings.